The summed E-state index contributed by atoms with van der Waals surface area (Å²) < 4.78 is 10.6. The van der Waals surface area contributed by atoms with Gasteiger partial charge in [-0.2, -0.15) is 0 Å². The highest BCUT2D eigenvalue weighted by Gasteiger charge is 2.27. The standard InChI is InChI=1S/C27H35NO4/c1-19-6-5-7-22(16-19)18-28-14-12-21(13-15-28)8-10-24(20(2)29)27(30)23-9-11-25(31-3)26(17-23)32-4/h5-7,9,11,16-17,21,24H,8,10,12-15,18H2,1-4H3. The topological polar surface area (TPSA) is 55.8 Å². The Morgan fingerprint density at radius 1 is 1.03 bits per heavy atom. The summed E-state index contributed by atoms with van der Waals surface area (Å²) in [5, 5.41) is 0. The lowest BCUT2D eigenvalue weighted by molar-refractivity contribution is -0.119. The first-order valence-corrected chi connectivity index (χ1v) is 11.5. The van der Waals surface area contributed by atoms with E-state index in [1.54, 1.807) is 32.4 Å². The number of piperidine rings is 1. The van der Waals surface area contributed by atoms with Gasteiger partial charge in [0, 0.05) is 12.1 Å². The first-order chi connectivity index (χ1) is 15.4. The van der Waals surface area contributed by atoms with Crippen LogP contribution in [0.1, 0.15) is 54.1 Å². The zero-order valence-electron chi connectivity index (χ0n) is 19.7. The fraction of sp³-hybridized carbons (Fsp3) is 0.481. The summed E-state index contributed by atoms with van der Waals surface area (Å²) in [4.78, 5) is 27.9. The zero-order valence-corrected chi connectivity index (χ0v) is 19.7. The molecule has 1 saturated heterocycles. The molecule has 1 heterocycles. The largest absolute Gasteiger partial charge is 0.493 e. The number of carbonyl (C=O) groups excluding carboxylic acids is 2. The van der Waals surface area contributed by atoms with Gasteiger partial charge < -0.3 is 9.47 Å². The van der Waals surface area contributed by atoms with Crippen LogP contribution in [0.2, 0.25) is 0 Å². The molecule has 0 radical (unpaired) electrons. The van der Waals surface area contributed by atoms with E-state index in [4.69, 9.17) is 9.47 Å². The monoisotopic (exact) mass is 437 g/mol. The Kier molecular flexibility index (Phi) is 8.46. The third-order valence-corrected chi connectivity index (χ3v) is 6.53. The van der Waals surface area contributed by atoms with E-state index in [2.05, 4.69) is 36.1 Å². The smallest absolute Gasteiger partial charge is 0.173 e. The minimum absolute atomic E-state index is 0.0679. The van der Waals surface area contributed by atoms with Gasteiger partial charge in [-0.25, -0.2) is 0 Å². The molecule has 2 aromatic rings. The number of hydrogen-bond donors (Lipinski definition) is 0. The molecule has 0 amide bonds. The fourth-order valence-electron chi connectivity index (χ4n) is 4.61. The van der Waals surface area contributed by atoms with Crippen LogP contribution in [0.25, 0.3) is 0 Å². The number of benzene rings is 2. The number of rotatable bonds is 10. The van der Waals surface area contributed by atoms with Crippen LogP contribution in [0.4, 0.5) is 0 Å². The second-order valence-electron chi connectivity index (χ2n) is 8.88. The fourth-order valence-corrected chi connectivity index (χ4v) is 4.61. The van der Waals surface area contributed by atoms with Gasteiger partial charge in [-0.05, 0) is 82.3 Å². The minimum atomic E-state index is -0.599. The Morgan fingerprint density at radius 2 is 1.75 bits per heavy atom. The molecule has 2 aromatic carbocycles. The molecule has 1 aliphatic heterocycles. The zero-order chi connectivity index (χ0) is 23.1. The van der Waals surface area contributed by atoms with E-state index >= 15 is 0 Å². The lowest BCUT2D eigenvalue weighted by atomic mass is 9.84. The summed E-state index contributed by atoms with van der Waals surface area (Å²) in [6, 6.07) is 13.8. The van der Waals surface area contributed by atoms with Gasteiger partial charge in [-0.3, -0.25) is 14.5 Å². The lowest BCUT2D eigenvalue weighted by Gasteiger charge is -2.32. The van der Waals surface area contributed by atoms with Crippen LogP contribution < -0.4 is 9.47 Å². The van der Waals surface area contributed by atoms with E-state index < -0.39 is 5.92 Å². The van der Waals surface area contributed by atoms with Gasteiger partial charge in [0.15, 0.2) is 17.3 Å². The van der Waals surface area contributed by atoms with Crippen LogP contribution >= 0.6 is 0 Å². The molecule has 1 unspecified atom stereocenters. The van der Waals surface area contributed by atoms with Crippen molar-refractivity contribution in [2.24, 2.45) is 11.8 Å². The highest BCUT2D eigenvalue weighted by Crippen LogP contribution is 2.31. The van der Waals surface area contributed by atoms with Crippen LogP contribution in [-0.2, 0) is 11.3 Å². The third-order valence-electron chi connectivity index (χ3n) is 6.53. The average Bonchev–Trinajstić information content (AvgIpc) is 2.79. The highest BCUT2D eigenvalue weighted by atomic mass is 16.5. The molecule has 5 nitrogen and oxygen atoms in total. The van der Waals surface area contributed by atoms with Crippen molar-refractivity contribution in [1.82, 2.24) is 4.90 Å². The van der Waals surface area contributed by atoms with Gasteiger partial charge in [-0.15, -0.1) is 0 Å². The Morgan fingerprint density at radius 3 is 2.38 bits per heavy atom. The first-order valence-electron chi connectivity index (χ1n) is 11.5. The molecule has 0 aliphatic carbocycles. The molecule has 172 valence electrons. The van der Waals surface area contributed by atoms with Gasteiger partial charge in [0.05, 0.1) is 20.1 Å². The van der Waals surface area contributed by atoms with Crippen molar-refractivity contribution in [3.8, 4) is 11.5 Å². The van der Waals surface area contributed by atoms with E-state index in [0.717, 1.165) is 38.9 Å². The Labute approximate surface area is 191 Å². The molecular weight excluding hydrogens is 402 g/mol. The molecule has 32 heavy (non-hydrogen) atoms. The molecule has 5 heteroatoms. The van der Waals surface area contributed by atoms with Crippen LogP contribution in [0.3, 0.4) is 0 Å². The number of carbonyl (C=O) groups is 2. The molecule has 1 fully saturated rings. The maximum absolute atomic E-state index is 13.1. The molecular formula is C27H35NO4. The highest BCUT2D eigenvalue weighted by molar-refractivity contribution is 6.10. The van der Waals surface area contributed by atoms with Crippen LogP contribution in [0.15, 0.2) is 42.5 Å². The normalized spacial score (nSPS) is 15.9. The van der Waals surface area contributed by atoms with Crippen molar-refractivity contribution in [3.05, 3.63) is 59.2 Å². The molecule has 1 atom stereocenters. The summed E-state index contributed by atoms with van der Waals surface area (Å²) in [5.41, 5.74) is 3.16. The van der Waals surface area contributed by atoms with Gasteiger partial charge in [0.25, 0.3) is 0 Å². The number of hydrogen-bond acceptors (Lipinski definition) is 5. The van der Waals surface area contributed by atoms with E-state index in [1.165, 1.54) is 18.1 Å². The molecule has 0 aromatic heterocycles. The second-order valence-corrected chi connectivity index (χ2v) is 8.88. The van der Waals surface area contributed by atoms with Crippen molar-refractivity contribution in [2.75, 3.05) is 27.3 Å². The van der Waals surface area contributed by atoms with Crippen molar-refractivity contribution in [1.29, 1.82) is 0 Å². The summed E-state index contributed by atoms with van der Waals surface area (Å²) >= 11 is 0. The number of nitrogens with zero attached hydrogens (tertiary/aromatic N) is 1. The Bertz CT molecular complexity index is 931. The number of aryl methyl sites for hydroxylation is 1. The average molecular weight is 438 g/mol. The van der Waals surface area contributed by atoms with Gasteiger partial charge in [0.1, 0.15) is 5.78 Å². The van der Waals surface area contributed by atoms with Crippen LogP contribution in [0.5, 0.6) is 11.5 Å². The summed E-state index contributed by atoms with van der Waals surface area (Å²) in [6.45, 7) is 6.76. The van der Waals surface area contributed by atoms with E-state index in [-0.39, 0.29) is 11.6 Å². The van der Waals surface area contributed by atoms with Crippen LogP contribution in [0, 0.1) is 18.8 Å². The van der Waals surface area contributed by atoms with Gasteiger partial charge in [-0.1, -0.05) is 29.8 Å². The molecule has 0 saturated carbocycles. The number of likely N-dealkylation sites (tertiary alicyclic amines) is 1. The predicted octanol–water partition coefficient (Wildman–Crippen LogP) is 5.09. The van der Waals surface area contributed by atoms with E-state index in [0.29, 0.717) is 29.4 Å². The number of ketones is 2. The lowest BCUT2D eigenvalue weighted by Crippen LogP contribution is -2.33. The Hall–Kier alpha value is -2.66. The van der Waals surface area contributed by atoms with Crippen molar-refractivity contribution >= 4 is 11.6 Å². The number of methoxy groups -OCH3 is 2. The quantitative estimate of drug-likeness (QED) is 0.383. The number of ether oxygens (including phenoxy) is 2. The Balaban J connectivity index is 1.54. The summed E-state index contributed by atoms with van der Waals surface area (Å²) in [6.07, 6.45) is 3.73. The van der Waals surface area contributed by atoms with Gasteiger partial charge in [0.2, 0.25) is 0 Å². The molecule has 0 spiro atoms. The maximum Gasteiger partial charge on any atom is 0.173 e. The minimum Gasteiger partial charge on any atom is -0.493 e. The molecule has 0 N–H and O–H groups in total. The maximum atomic E-state index is 13.1. The van der Waals surface area contributed by atoms with Crippen molar-refractivity contribution < 1.29 is 19.1 Å². The second kappa shape index (κ2) is 11.3. The van der Waals surface area contributed by atoms with Crippen molar-refractivity contribution in [2.45, 2.75) is 46.1 Å². The first kappa shape index (κ1) is 24.0. The summed E-state index contributed by atoms with van der Waals surface area (Å²) in [5.74, 6) is 0.835. The van der Waals surface area contributed by atoms with Crippen molar-refractivity contribution in [3.63, 3.8) is 0 Å². The third kappa shape index (κ3) is 6.19. The van der Waals surface area contributed by atoms with E-state index in [1.807, 2.05) is 0 Å². The summed E-state index contributed by atoms with van der Waals surface area (Å²) in [7, 11) is 3.10. The van der Waals surface area contributed by atoms with E-state index in [9.17, 15) is 9.59 Å². The van der Waals surface area contributed by atoms with Gasteiger partial charge >= 0.3 is 0 Å². The molecule has 0 bridgehead atoms. The number of Topliss-reactive ketones (excluding diaryl/α,β-unsaturated/α-hetero) is 2. The predicted molar refractivity (Wildman–Crippen MR) is 126 cm³/mol. The molecule has 3 rings (SSSR count). The SMILES string of the molecule is COc1ccc(C(=O)C(CCC2CCN(Cc3cccc(C)c3)CC2)C(C)=O)cc1OC. The van der Waals surface area contributed by atoms with Crippen LogP contribution in [-0.4, -0.2) is 43.8 Å². The molecule has 1 aliphatic rings.